The lowest BCUT2D eigenvalue weighted by molar-refractivity contribution is 0.0941. The average molecular weight is 319 g/mol. The Morgan fingerprint density at radius 1 is 1.50 bits per heavy atom. The van der Waals surface area contributed by atoms with E-state index in [9.17, 15) is 4.79 Å². The molecule has 0 unspecified atom stereocenters. The molecular weight excluding hydrogens is 300 g/mol. The van der Waals surface area contributed by atoms with E-state index in [-0.39, 0.29) is 5.91 Å². The second-order valence-corrected chi connectivity index (χ2v) is 5.92. The number of nitrogens with zero attached hydrogens (tertiary/aromatic N) is 2. The van der Waals surface area contributed by atoms with E-state index in [1.807, 2.05) is 31.2 Å². The Balaban J connectivity index is 1.81. The zero-order chi connectivity index (χ0) is 15.5. The predicted octanol–water partition coefficient (Wildman–Crippen LogP) is 2.04. The first-order chi connectivity index (χ1) is 10.7. The molecule has 1 aromatic carbocycles. The number of aromatic nitrogens is 2. The fourth-order valence-electron chi connectivity index (χ4n) is 2.56. The van der Waals surface area contributed by atoms with Crippen LogP contribution in [0.3, 0.4) is 0 Å². The number of carbonyl (C=O) groups is 1. The van der Waals surface area contributed by atoms with Gasteiger partial charge in [0.15, 0.2) is 0 Å². The van der Waals surface area contributed by atoms with Gasteiger partial charge in [-0.15, -0.1) is 0 Å². The van der Waals surface area contributed by atoms with Crippen molar-refractivity contribution < 1.29 is 4.79 Å². The summed E-state index contributed by atoms with van der Waals surface area (Å²) in [5.74, 6) is 0.481. The summed E-state index contributed by atoms with van der Waals surface area (Å²) in [5, 5.41) is 11.2. The molecule has 1 aliphatic rings. The molecule has 2 heterocycles. The van der Waals surface area contributed by atoms with E-state index in [1.54, 1.807) is 10.9 Å². The molecule has 0 spiro atoms. The maximum absolute atomic E-state index is 12.4. The molecule has 2 aromatic rings. The van der Waals surface area contributed by atoms with Crippen molar-refractivity contribution in [2.24, 2.45) is 5.92 Å². The summed E-state index contributed by atoms with van der Waals surface area (Å²) in [5.41, 5.74) is 2.40. The van der Waals surface area contributed by atoms with Crippen molar-refractivity contribution in [1.82, 2.24) is 20.4 Å². The Hall–Kier alpha value is -1.85. The van der Waals surface area contributed by atoms with Crippen LogP contribution in [0.4, 0.5) is 0 Å². The zero-order valence-electron chi connectivity index (χ0n) is 12.5. The highest BCUT2D eigenvalue weighted by Crippen LogP contribution is 2.19. The number of nitrogens with one attached hydrogen (secondary N) is 2. The molecule has 0 bridgehead atoms. The molecule has 1 aliphatic heterocycles. The van der Waals surface area contributed by atoms with Crippen LogP contribution in [0.5, 0.6) is 0 Å². The summed E-state index contributed by atoms with van der Waals surface area (Å²) in [4.78, 5) is 12.4. The third-order valence-corrected chi connectivity index (χ3v) is 4.15. The molecule has 22 heavy (non-hydrogen) atoms. The van der Waals surface area contributed by atoms with Gasteiger partial charge in [-0.05, 0) is 24.6 Å². The smallest absolute Gasteiger partial charge is 0.254 e. The Kier molecular flexibility index (Phi) is 4.45. The van der Waals surface area contributed by atoms with Crippen molar-refractivity contribution in [1.29, 1.82) is 0 Å². The number of halogens is 1. The molecule has 0 aliphatic carbocycles. The molecule has 1 amide bonds. The monoisotopic (exact) mass is 318 g/mol. The van der Waals surface area contributed by atoms with E-state index in [1.165, 1.54) is 0 Å². The molecule has 3 rings (SSSR count). The minimum atomic E-state index is -0.0583. The van der Waals surface area contributed by atoms with Crippen molar-refractivity contribution in [3.05, 3.63) is 46.7 Å². The first kappa shape index (κ1) is 15.1. The summed E-state index contributed by atoms with van der Waals surface area (Å²) >= 11 is 6.04. The summed E-state index contributed by atoms with van der Waals surface area (Å²) in [6.07, 6.45) is 2.36. The molecule has 1 fully saturated rings. The molecule has 0 radical (unpaired) electrons. The topological polar surface area (TPSA) is 59.0 Å². The van der Waals surface area contributed by atoms with Crippen LogP contribution in [0.15, 0.2) is 30.5 Å². The normalized spacial score (nSPS) is 14.6. The highest BCUT2D eigenvalue weighted by atomic mass is 35.5. The van der Waals surface area contributed by atoms with Crippen molar-refractivity contribution in [3.63, 3.8) is 0 Å². The Morgan fingerprint density at radius 3 is 2.95 bits per heavy atom. The highest BCUT2D eigenvalue weighted by molar-refractivity contribution is 6.30. The lowest BCUT2D eigenvalue weighted by Gasteiger charge is -2.27. The maximum atomic E-state index is 12.4. The lowest BCUT2D eigenvalue weighted by atomic mass is 10.0. The summed E-state index contributed by atoms with van der Waals surface area (Å²) in [6.45, 7) is 4.67. The van der Waals surface area contributed by atoms with Gasteiger partial charge in [0.25, 0.3) is 5.91 Å². The van der Waals surface area contributed by atoms with Crippen LogP contribution in [-0.4, -0.2) is 35.3 Å². The van der Waals surface area contributed by atoms with Crippen LogP contribution >= 0.6 is 11.6 Å². The van der Waals surface area contributed by atoms with Gasteiger partial charge in [-0.25, -0.2) is 4.68 Å². The van der Waals surface area contributed by atoms with Gasteiger partial charge in [0, 0.05) is 30.6 Å². The van der Waals surface area contributed by atoms with E-state index in [2.05, 4.69) is 15.7 Å². The van der Waals surface area contributed by atoms with Crippen LogP contribution in [0.2, 0.25) is 5.02 Å². The van der Waals surface area contributed by atoms with E-state index in [0.717, 1.165) is 30.9 Å². The fraction of sp³-hybridized carbons (Fsp3) is 0.375. The average Bonchev–Trinajstić information content (AvgIpc) is 2.89. The lowest BCUT2D eigenvalue weighted by Crippen LogP contribution is -2.48. The molecule has 0 atom stereocenters. The Labute approximate surface area is 134 Å². The number of amides is 1. The van der Waals surface area contributed by atoms with Gasteiger partial charge in [-0.3, -0.25) is 4.79 Å². The third kappa shape index (κ3) is 3.00. The Morgan fingerprint density at radius 2 is 2.32 bits per heavy atom. The van der Waals surface area contributed by atoms with Crippen LogP contribution in [0.25, 0.3) is 5.69 Å². The second-order valence-electron chi connectivity index (χ2n) is 5.48. The van der Waals surface area contributed by atoms with E-state index in [0.29, 0.717) is 23.0 Å². The van der Waals surface area contributed by atoms with E-state index < -0.39 is 0 Å². The van der Waals surface area contributed by atoms with Crippen LogP contribution in [0, 0.1) is 5.92 Å². The maximum Gasteiger partial charge on any atom is 0.254 e. The van der Waals surface area contributed by atoms with Crippen LogP contribution in [-0.2, 0) is 6.42 Å². The molecule has 0 saturated carbocycles. The molecule has 6 heteroatoms. The van der Waals surface area contributed by atoms with Crippen LogP contribution < -0.4 is 10.6 Å². The highest BCUT2D eigenvalue weighted by Gasteiger charge is 2.20. The van der Waals surface area contributed by atoms with Gasteiger partial charge >= 0.3 is 0 Å². The number of hydrogen-bond donors (Lipinski definition) is 2. The SMILES string of the molecule is CCc1c(C(=O)NCC2CNC2)cnn1-c1cccc(Cl)c1. The molecule has 1 saturated heterocycles. The van der Waals surface area contributed by atoms with Crippen LogP contribution in [0.1, 0.15) is 23.0 Å². The molecule has 5 nitrogen and oxygen atoms in total. The van der Waals surface area contributed by atoms with Crippen molar-refractivity contribution in [2.45, 2.75) is 13.3 Å². The quantitative estimate of drug-likeness (QED) is 0.887. The van der Waals surface area contributed by atoms with Gasteiger partial charge < -0.3 is 10.6 Å². The van der Waals surface area contributed by atoms with Crippen molar-refractivity contribution in [2.75, 3.05) is 19.6 Å². The van der Waals surface area contributed by atoms with Gasteiger partial charge in [-0.2, -0.15) is 5.10 Å². The molecule has 116 valence electrons. The third-order valence-electron chi connectivity index (χ3n) is 3.92. The first-order valence-electron chi connectivity index (χ1n) is 7.50. The minimum absolute atomic E-state index is 0.0583. The number of rotatable bonds is 5. The summed E-state index contributed by atoms with van der Waals surface area (Å²) < 4.78 is 1.78. The van der Waals surface area contributed by atoms with E-state index in [4.69, 9.17) is 11.6 Å². The zero-order valence-corrected chi connectivity index (χ0v) is 13.2. The summed E-state index contributed by atoms with van der Waals surface area (Å²) in [6, 6.07) is 7.47. The van der Waals surface area contributed by atoms with E-state index >= 15 is 0 Å². The second kappa shape index (κ2) is 6.50. The fourth-order valence-corrected chi connectivity index (χ4v) is 2.74. The number of benzene rings is 1. The largest absolute Gasteiger partial charge is 0.352 e. The number of carbonyl (C=O) groups excluding carboxylic acids is 1. The predicted molar refractivity (Wildman–Crippen MR) is 86.6 cm³/mol. The van der Waals surface area contributed by atoms with Crippen molar-refractivity contribution >= 4 is 17.5 Å². The summed E-state index contributed by atoms with van der Waals surface area (Å²) in [7, 11) is 0. The molecule has 1 aromatic heterocycles. The van der Waals surface area contributed by atoms with Gasteiger partial charge in [0.2, 0.25) is 0 Å². The standard InChI is InChI=1S/C16H19ClN4O/c1-2-15-14(16(22)19-9-11-7-18-8-11)10-20-21(15)13-5-3-4-12(17)6-13/h3-6,10-11,18H,2,7-9H2,1H3,(H,19,22). The molecule has 2 N–H and O–H groups in total. The van der Waals surface area contributed by atoms with Gasteiger partial charge in [0.1, 0.15) is 0 Å². The Bertz CT molecular complexity index is 679. The van der Waals surface area contributed by atoms with Gasteiger partial charge in [-0.1, -0.05) is 24.6 Å². The number of hydrogen-bond acceptors (Lipinski definition) is 3. The minimum Gasteiger partial charge on any atom is -0.352 e. The molecular formula is C16H19ClN4O. The van der Waals surface area contributed by atoms with Crippen molar-refractivity contribution in [3.8, 4) is 5.69 Å². The first-order valence-corrected chi connectivity index (χ1v) is 7.88. The van der Waals surface area contributed by atoms with Gasteiger partial charge in [0.05, 0.1) is 23.1 Å².